The summed E-state index contributed by atoms with van der Waals surface area (Å²) in [6, 6.07) is 100. The average molecular weight is 1080 g/mol. The zero-order valence-electron chi connectivity index (χ0n) is 47.3. The van der Waals surface area contributed by atoms with Gasteiger partial charge < -0.3 is 18.6 Å². The third-order valence-electron chi connectivity index (χ3n) is 18.3. The Bertz CT molecular complexity index is 5080. The van der Waals surface area contributed by atoms with Gasteiger partial charge in [-0.15, -0.1) is 0 Å². The predicted molar refractivity (Wildman–Crippen MR) is 359 cm³/mol. The third kappa shape index (κ3) is 7.13. The number of aromatic nitrogens is 2. The molecule has 0 amide bonds. The Balaban J connectivity index is 0.994. The van der Waals surface area contributed by atoms with Gasteiger partial charge >= 0.3 is 0 Å². The maximum absolute atomic E-state index is 2.60. The van der Waals surface area contributed by atoms with Crippen LogP contribution in [0.1, 0.15) is 50.7 Å². The number of rotatable bonds is 10. The van der Waals surface area contributed by atoms with Crippen LogP contribution >= 0.6 is 0 Å². The van der Waals surface area contributed by atoms with Crippen molar-refractivity contribution in [2.45, 2.75) is 39.5 Å². The molecule has 17 rings (SSSR count). The van der Waals surface area contributed by atoms with Crippen LogP contribution in [0.25, 0.3) is 120 Å². The molecule has 0 saturated carbocycles. The lowest BCUT2D eigenvalue weighted by Crippen LogP contribution is -2.10. The number of anilines is 6. The van der Waals surface area contributed by atoms with E-state index in [1.54, 1.807) is 0 Å². The summed E-state index contributed by atoms with van der Waals surface area (Å²) in [5.41, 5.74) is 21.5. The van der Waals surface area contributed by atoms with Crippen molar-refractivity contribution in [2.24, 2.45) is 0 Å². The van der Waals surface area contributed by atoms with Crippen molar-refractivity contribution in [3.63, 3.8) is 0 Å². The Hall–Kier alpha value is -10.4. The van der Waals surface area contributed by atoms with Crippen LogP contribution < -0.4 is 9.80 Å². The number of nitrogens with zero attached hydrogens (tertiary/aromatic N) is 4. The summed E-state index contributed by atoms with van der Waals surface area (Å²) in [6.45, 7) is 9.08. The number of hydrogen-bond donors (Lipinski definition) is 0. The summed E-state index contributed by atoms with van der Waals surface area (Å²) in [6.07, 6.45) is 0. The van der Waals surface area contributed by atoms with Gasteiger partial charge in [0.2, 0.25) is 0 Å². The van der Waals surface area contributed by atoms with Crippen LogP contribution in [-0.2, 0) is 0 Å². The second-order valence-electron chi connectivity index (χ2n) is 23.6. The fraction of sp³-hybridized carbons (Fsp3) is 0.0750. The second kappa shape index (κ2) is 18.6. The van der Waals surface area contributed by atoms with Gasteiger partial charge in [0.1, 0.15) is 0 Å². The highest BCUT2D eigenvalue weighted by Crippen LogP contribution is 2.54. The van der Waals surface area contributed by atoms with Crippen LogP contribution in [0.5, 0.6) is 0 Å². The zero-order chi connectivity index (χ0) is 55.9. The zero-order valence-corrected chi connectivity index (χ0v) is 47.3. The van der Waals surface area contributed by atoms with Gasteiger partial charge in [0, 0.05) is 65.8 Å². The van der Waals surface area contributed by atoms with Gasteiger partial charge in [0.15, 0.2) is 0 Å². The minimum Gasteiger partial charge on any atom is -0.310 e. The van der Waals surface area contributed by atoms with Crippen LogP contribution in [0, 0.1) is 0 Å². The molecule has 398 valence electrons. The Kier molecular flexibility index (Phi) is 10.7. The Morgan fingerprint density at radius 3 is 1.06 bits per heavy atom. The summed E-state index contributed by atoms with van der Waals surface area (Å²) in [5.74, 6) is 0.842. The molecule has 0 aliphatic heterocycles. The molecule has 13 aromatic carbocycles. The Morgan fingerprint density at radius 2 is 0.655 bits per heavy atom. The summed E-state index contributed by atoms with van der Waals surface area (Å²) in [7, 11) is 0. The fourth-order valence-electron chi connectivity index (χ4n) is 14.2. The molecule has 0 aliphatic carbocycles. The molecule has 84 heavy (non-hydrogen) atoms. The van der Waals surface area contributed by atoms with E-state index in [-0.39, 0.29) is 0 Å². The topological polar surface area (TPSA) is 15.3 Å². The second-order valence-corrected chi connectivity index (χ2v) is 23.6. The molecule has 0 unspecified atom stereocenters. The highest BCUT2D eigenvalue weighted by Gasteiger charge is 2.30. The summed E-state index contributed by atoms with van der Waals surface area (Å²) in [5, 5.41) is 14.8. The van der Waals surface area contributed by atoms with Gasteiger partial charge in [-0.25, -0.2) is 0 Å². The fourth-order valence-corrected chi connectivity index (χ4v) is 14.2. The lowest BCUT2D eigenvalue weighted by Gasteiger charge is -2.27. The van der Waals surface area contributed by atoms with E-state index in [2.05, 4.69) is 313 Å². The van der Waals surface area contributed by atoms with Crippen LogP contribution in [0.3, 0.4) is 0 Å². The van der Waals surface area contributed by atoms with Crippen molar-refractivity contribution in [1.29, 1.82) is 0 Å². The van der Waals surface area contributed by atoms with E-state index in [0.717, 1.165) is 34.1 Å². The maximum atomic E-state index is 2.60. The molecular formula is C80H58N4. The van der Waals surface area contributed by atoms with E-state index < -0.39 is 0 Å². The Labute approximate surface area is 487 Å². The minimum absolute atomic E-state index is 0.421. The molecule has 4 heterocycles. The first-order valence-electron chi connectivity index (χ1n) is 29.6. The van der Waals surface area contributed by atoms with E-state index in [0.29, 0.717) is 11.8 Å². The van der Waals surface area contributed by atoms with Gasteiger partial charge in [0.25, 0.3) is 0 Å². The molecule has 0 spiro atoms. The molecular weight excluding hydrogens is 1020 g/mol. The predicted octanol–water partition coefficient (Wildman–Crippen LogP) is 22.8. The highest BCUT2D eigenvalue weighted by molar-refractivity contribution is 6.34. The van der Waals surface area contributed by atoms with Crippen molar-refractivity contribution in [1.82, 2.24) is 8.80 Å². The smallest absolute Gasteiger partial charge is 0.0641 e. The first kappa shape index (κ1) is 48.3. The lowest BCUT2D eigenvalue weighted by molar-refractivity contribution is 0.866. The molecule has 0 bridgehead atoms. The normalized spacial score (nSPS) is 12.3. The van der Waals surface area contributed by atoms with E-state index in [1.807, 2.05) is 0 Å². The van der Waals surface area contributed by atoms with Gasteiger partial charge in [-0.3, -0.25) is 0 Å². The average Bonchev–Trinajstić information content (AvgIpc) is 1.55. The number of fused-ring (bicyclic) bond motifs is 14. The summed E-state index contributed by atoms with van der Waals surface area (Å²) in [4.78, 5) is 4.96. The van der Waals surface area contributed by atoms with E-state index in [9.17, 15) is 0 Å². The summed E-state index contributed by atoms with van der Waals surface area (Å²) >= 11 is 0. The van der Waals surface area contributed by atoms with Crippen LogP contribution in [0.15, 0.2) is 267 Å². The number of benzene rings is 13. The largest absolute Gasteiger partial charge is 0.310 e. The van der Waals surface area contributed by atoms with Gasteiger partial charge in [-0.1, -0.05) is 198 Å². The molecule has 0 atom stereocenters. The molecule has 4 heteroatoms. The molecule has 17 aromatic rings. The third-order valence-corrected chi connectivity index (χ3v) is 18.3. The molecule has 0 saturated heterocycles. The monoisotopic (exact) mass is 1070 g/mol. The van der Waals surface area contributed by atoms with E-state index in [1.165, 1.54) is 131 Å². The molecule has 0 fully saturated rings. The van der Waals surface area contributed by atoms with Crippen LogP contribution in [0.2, 0.25) is 0 Å². The molecule has 4 aromatic heterocycles. The molecule has 4 nitrogen and oxygen atoms in total. The van der Waals surface area contributed by atoms with Crippen molar-refractivity contribution in [2.75, 3.05) is 9.80 Å². The van der Waals surface area contributed by atoms with Gasteiger partial charge in [0.05, 0.1) is 44.5 Å². The van der Waals surface area contributed by atoms with Crippen molar-refractivity contribution >= 4 is 132 Å². The maximum Gasteiger partial charge on any atom is 0.0641 e. The quantitative estimate of drug-likeness (QED) is 0.136. The molecule has 0 radical (unpaired) electrons. The molecule has 0 N–H and O–H groups in total. The molecule has 0 aliphatic rings. The van der Waals surface area contributed by atoms with E-state index >= 15 is 0 Å². The van der Waals surface area contributed by atoms with Crippen molar-refractivity contribution in [3.8, 4) is 22.3 Å². The van der Waals surface area contributed by atoms with Crippen LogP contribution in [-0.4, -0.2) is 8.80 Å². The number of para-hydroxylation sites is 2. The SMILES string of the molecule is CC(C)c1ccc(N(c2ccccc2)c2ccc3c4cc5c(cc4n4c6cccc(-c7ccc8ccccc8c7)c6c2c34)c2ccc(N(c3ccccc3)c3ccc(C(C)C)cc3)c3c4c(-c6ccc7ccccc7c6)cccc4n5c23)cc1. The van der Waals surface area contributed by atoms with E-state index in [4.69, 9.17) is 0 Å². The minimum atomic E-state index is 0.421. The number of hydrogen-bond acceptors (Lipinski definition) is 2. The first-order valence-corrected chi connectivity index (χ1v) is 29.6. The standard InChI is InChI=1S/C80H58N4/c1-49(2)51-33-37-61(38-34-51)81(59-21-7-5-8-22-59)71-43-41-65-67-47-74-68(48-73(67)83-69-27-15-25-63(75(69)77(71)79(65)83)57-31-29-53-17-11-13-19-55(53)45-57)66-42-44-72(82(60-23-9-6-10-24-60)62-39-35-52(36-40-62)50(3)4)78-76-64(26-16-28-70(76)84(74)80(66)78)58-32-30-54-18-12-14-20-56(54)46-58/h5-50H,1-4H3. The highest BCUT2D eigenvalue weighted by atomic mass is 15.2. The first-order chi connectivity index (χ1) is 41.3. The van der Waals surface area contributed by atoms with Crippen molar-refractivity contribution < 1.29 is 0 Å². The Morgan fingerprint density at radius 1 is 0.274 bits per heavy atom. The summed E-state index contributed by atoms with van der Waals surface area (Å²) < 4.78 is 5.20. The van der Waals surface area contributed by atoms with Gasteiger partial charge in [-0.05, 0) is 164 Å². The van der Waals surface area contributed by atoms with Gasteiger partial charge in [-0.2, -0.15) is 0 Å². The van der Waals surface area contributed by atoms with Crippen molar-refractivity contribution in [3.05, 3.63) is 278 Å². The van der Waals surface area contributed by atoms with Crippen LogP contribution in [0.4, 0.5) is 34.1 Å². The lowest BCUT2D eigenvalue weighted by atomic mass is 9.95.